The van der Waals surface area contributed by atoms with E-state index in [1.165, 1.54) is 24.3 Å². The van der Waals surface area contributed by atoms with Gasteiger partial charge in [-0.05, 0) is 31.2 Å². The molecular formula is C21H21N3O4. The average Bonchev–Trinajstić information content (AvgIpc) is 3.06. The highest BCUT2D eigenvalue weighted by atomic mass is 16.6. The molecule has 0 aliphatic carbocycles. The van der Waals surface area contributed by atoms with Crippen LogP contribution in [0.3, 0.4) is 0 Å². The lowest BCUT2D eigenvalue weighted by atomic mass is 9.93. The van der Waals surface area contributed by atoms with Gasteiger partial charge in [-0.2, -0.15) is 5.10 Å². The first-order valence-corrected chi connectivity index (χ1v) is 8.79. The highest BCUT2D eigenvalue weighted by Gasteiger charge is 2.23. The molecule has 0 amide bonds. The number of rotatable bonds is 4. The number of hydrogen-bond donors (Lipinski definition) is 0. The Kier molecular flexibility index (Phi) is 5.00. The summed E-state index contributed by atoms with van der Waals surface area (Å²) in [6, 6.07) is 14.7. The summed E-state index contributed by atoms with van der Waals surface area (Å²) in [6.45, 7) is 8.06. The summed E-state index contributed by atoms with van der Waals surface area (Å²) in [4.78, 5) is 22.8. The summed E-state index contributed by atoms with van der Waals surface area (Å²) >= 11 is 0. The maximum Gasteiger partial charge on any atom is 0.344 e. The second kappa shape index (κ2) is 7.26. The molecule has 0 spiro atoms. The van der Waals surface area contributed by atoms with Gasteiger partial charge < -0.3 is 4.74 Å². The Labute approximate surface area is 162 Å². The zero-order valence-corrected chi connectivity index (χ0v) is 16.2. The van der Waals surface area contributed by atoms with Gasteiger partial charge in [0.25, 0.3) is 5.69 Å². The summed E-state index contributed by atoms with van der Waals surface area (Å²) in [5.74, 6) is -0.319. The lowest BCUT2D eigenvalue weighted by molar-refractivity contribution is -0.384. The van der Waals surface area contributed by atoms with Crippen molar-refractivity contribution < 1.29 is 14.5 Å². The van der Waals surface area contributed by atoms with Gasteiger partial charge in [0.15, 0.2) is 0 Å². The number of ether oxygens (including phenoxy) is 1. The molecular weight excluding hydrogens is 358 g/mol. The van der Waals surface area contributed by atoms with Gasteiger partial charge in [-0.25, -0.2) is 9.48 Å². The molecule has 0 atom stereocenters. The number of aryl methyl sites for hydroxylation is 1. The van der Waals surface area contributed by atoms with Gasteiger partial charge in [0, 0.05) is 23.6 Å². The molecule has 3 aromatic rings. The van der Waals surface area contributed by atoms with Crippen LogP contribution < -0.4 is 4.74 Å². The highest BCUT2D eigenvalue weighted by molar-refractivity contribution is 5.91. The summed E-state index contributed by atoms with van der Waals surface area (Å²) in [7, 11) is 0. The van der Waals surface area contributed by atoms with E-state index in [1.54, 1.807) is 10.7 Å². The van der Waals surface area contributed by atoms with Crippen molar-refractivity contribution in [2.24, 2.45) is 0 Å². The Hall–Kier alpha value is -3.48. The smallest absolute Gasteiger partial charge is 0.344 e. The fourth-order valence-electron chi connectivity index (χ4n) is 2.55. The van der Waals surface area contributed by atoms with Crippen molar-refractivity contribution in [3.63, 3.8) is 0 Å². The second-order valence-corrected chi connectivity index (χ2v) is 7.56. The normalized spacial score (nSPS) is 11.3. The minimum absolute atomic E-state index is 0.0868. The van der Waals surface area contributed by atoms with Crippen molar-refractivity contribution in [3.8, 4) is 11.6 Å². The molecule has 144 valence electrons. The van der Waals surface area contributed by atoms with Crippen molar-refractivity contribution in [2.75, 3.05) is 0 Å². The van der Waals surface area contributed by atoms with E-state index < -0.39 is 10.9 Å². The summed E-state index contributed by atoms with van der Waals surface area (Å²) in [5.41, 5.74) is 2.56. The SMILES string of the molecule is Cc1ccc(-n2nc(C(C)(C)C)cc2OC(=O)c2ccc([N+](=O)[O-])cc2)cc1. The maximum absolute atomic E-state index is 12.6. The molecule has 0 radical (unpaired) electrons. The number of hydrogen-bond acceptors (Lipinski definition) is 5. The number of carbonyl (C=O) groups is 1. The third kappa shape index (κ3) is 4.09. The van der Waals surface area contributed by atoms with Crippen molar-refractivity contribution in [3.05, 3.63) is 81.5 Å². The van der Waals surface area contributed by atoms with Crippen LogP contribution in [0.4, 0.5) is 5.69 Å². The minimum Gasteiger partial charge on any atom is -0.404 e. The van der Waals surface area contributed by atoms with Crippen molar-refractivity contribution >= 4 is 11.7 Å². The topological polar surface area (TPSA) is 87.3 Å². The van der Waals surface area contributed by atoms with E-state index >= 15 is 0 Å². The van der Waals surface area contributed by atoms with Crippen molar-refractivity contribution in [1.82, 2.24) is 9.78 Å². The van der Waals surface area contributed by atoms with E-state index in [1.807, 2.05) is 52.0 Å². The molecule has 0 saturated heterocycles. The van der Waals surface area contributed by atoms with Crippen LogP contribution >= 0.6 is 0 Å². The standard InChI is InChI=1S/C21H21N3O4/c1-14-5-9-16(10-6-14)23-19(13-18(22-23)21(2,3)4)28-20(25)15-7-11-17(12-8-15)24(26)27/h5-13H,1-4H3. The third-order valence-electron chi connectivity index (χ3n) is 4.23. The Morgan fingerprint density at radius 2 is 1.68 bits per heavy atom. The molecule has 7 heteroatoms. The lowest BCUT2D eigenvalue weighted by Crippen LogP contribution is -2.13. The summed E-state index contributed by atoms with van der Waals surface area (Å²) < 4.78 is 7.17. The maximum atomic E-state index is 12.6. The molecule has 0 aliphatic heterocycles. The second-order valence-electron chi connectivity index (χ2n) is 7.56. The van der Waals surface area contributed by atoms with Crippen molar-refractivity contribution in [1.29, 1.82) is 0 Å². The molecule has 0 aliphatic rings. The van der Waals surface area contributed by atoms with Gasteiger partial charge in [-0.15, -0.1) is 0 Å². The molecule has 0 fully saturated rings. The van der Waals surface area contributed by atoms with Gasteiger partial charge in [0.1, 0.15) is 0 Å². The van der Waals surface area contributed by atoms with Crippen LogP contribution in [0, 0.1) is 17.0 Å². The van der Waals surface area contributed by atoms with Crippen LogP contribution in [0.2, 0.25) is 0 Å². The van der Waals surface area contributed by atoms with E-state index in [2.05, 4.69) is 5.10 Å². The number of esters is 1. The fraction of sp³-hybridized carbons (Fsp3) is 0.238. The molecule has 28 heavy (non-hydrogen) atoms. The number of nitro groups is 1. The molecule has 1 aromatic heterocycles. The quantitative estimate of drug-likeness (QED) is 0.375. The summed E-state index contributed by atoms with van der Waals surface area (Å²) in [5, 5.41) is 15.4. The predicted molar refractivity (Wildman–Crippen MR) is 105 cm³/mol. The van der Waals surface area contributed by atoms with E-state index in [-0.39, 0.29) is 22.5 Å². The van der Waals surface area contributed by atoms with E-state index in [0.717, 1.165) is 16.9 Å². The zero-order chi connectivity index (χ0) is 20.5. The molecule has 0 unspecified atom stereocenters. The molecule has 7 nitrogen and oxygen atoms in total. The molecule has 1 heterocycles. The first kappa shape index (κ1) is 19.3. The van der Waals surface area contributed by atoms with Gasteiger partial charge in [-0.3, -0.25) is 10.1 Å². The number of carbonyl (C=O) groups excluding carboxylic acids is 1. The number of non-ortho nitro benzene ring substituents is 1. The Morgan fingerprint density at radius 3 is 2.21 bits per heavy atom. The third-order valence-corrected chi connectivity index (χ3v) is 4.23. The van der Waals surface area contributed by atoms with E-state index in [9.17, 15) is 14.9 Å². The van der Waals surface area contributed by atoms with Crippen LogP contribution in [0.15, 0.2) is 54.6 Å². The number of benzene rings is 2. The number of nitro benzene ring substituents is 1. The first-order valence-electron chi connectivity index (χ1n) is 8.79. The first-order chi connectivity index (χ1) is 13.1. The van der Waals surface area contributed by atoms with Gasteiger partial charge >= 0.3 is 5.97 Å². The Balaban J connectivity index is 1.95. The molecule has 2 aromatic carbocycles. The number of aromatic nitrogens is 2. The predicted octanol–water partition coefficient (Wildman–Crippen LogP) is 4.61. The van der Waals surface area contributed by atoms with Crippen LogP contribution in [-0.4, -0.2) is 20.7 Å². The molecule has 0 bridgehead atoms. The van der Waals surface area contributed by atoms with Crippen LogP contribution in [-0.2, 0) is 5.41 Å². The molecule has 0 N–H and O–H groups in total. The van der Waals surface area contributed by atoms with E-state index in [0.29, 0.717) is 0 Å². The van der Waals surface area contributed by atoms with E-state index in [4.69, 9.17) is 4.74 Å². The molecule has 3 rings (SSSR count). The largest absolute Gasteiger partial charge is 0.404 e. The fourth-order valence-corrected chi connectivity index (χ4v) is 2.55. The lowest BCUT2D eigenvalue weighted by Gasteiger charge is -2.13. The van der Waals surface area contributed by atoms with Crippen LogP contribution in [0.25, 0.3) is 5.69 Å². The van der Waals surface area contributed by atoms with Gasteiger partial charge in [-0.1, -0.05) is 38.5 Å². The van der Waals surface area contributed by atoms with Crippen LogP contribution in [0.5, 0.6) is 5.88 Å². The average molecular weight is 379 g/mol. The highest BCUT2D eigenvalue weighted by Crippen LogP contribution is 2.28. The Morgan fingerprint density at radius 1 is 1.07 bits per heavy atom. The zero-order valence-electron chi connectivity index (χ0n) is 16.2. The summed E-state index contributed by atoms with van der Waals surface area (Å²) in [6.07, 6.45) is 0. The monoisotopic (exact) mass is 379 g/mol. The minimum atomic E-state index is -0.608. The number of nitrogens with zero attached hydrogens (tertiary/aromatic N) is 3. The van der Waals surface area contributed by atoms with Gasteiger partial charge in [0.05, 0.1) is 21.9 Å². The van der Waals surface area contributed by atoms with Crippen molar-refractivity contribution in [2.45, 2.75) is 33.1 Å². The van der Waals surface area contributed by atoms with Crippen LogP contribution in [0.1, 0.15) is 42.4 Å². The van der Waals surface area contributed by atoms with Gasteiger partial charge in [0.2, 0.25) is 5.88 Å². The Bertz CT molecular complexity index is 1010. The molecule has 0 saturated carbocycles.